The van der Waals surface area contributed by atoms with E-state index < -0.39 is 0 Å². The number of carbonyl (C=O) groups excluding carboxylic acids is 1. The van der Waals surface area contributed by atoms with Gasteiger partial charge in [-0.15, -0.1) is 0 Å². The number of nitrogens with two attached hydrogens (primary N) is 1. The highest BCUT2D eigenvalue weighted by Gasteiger charge is 2.21. The van der Waals surface area contributed by atoms with Crippen molar-refractivity contribution in [3.05, 3.63) is 12.4 Å². The number of hydrogen-bond donors (Lipinski definition) is 3. The molecule has 0 saturated carbocycles. The van der Waals surface area contributed by atoms with E-state index in [1.807, 2.05) is 0 Å². The molecule has 1 aromatic rings. The van der Waals surface area contributed by atoms with E-state index in [1.54, 1.807) is 0 Å². The molecule has 2 rings (SSSR count). The topological polar surface area (TPSA) is 92.9 Å². The molecule has 1 saturated heterocycles. The average Bonchev–Trinajstić information content (AvgIpc) is 2.56. The highest BCUT2D eigenvalue weighted by atomic mass is 16.1. The van der Waals surface area contributed by atoms with Crippen LogP contribution in [0.3, 0.4) is 0 Å². The van der Waals surface area contributed by atoms with Gasteiger partial charge in [0.25, 0.3) is 0 Å². The van der Waals surface area contributed by atoms with Gasteiger partial charge in [0.2, 0.25) is 11.9 Å². The van der Waals surface area contributed by atoms with Crippen LogP contribution in [0.4, 0.5) is 11.6 Å². The van der Waals surface area contributed by atoms with E-state index in [2.05, 4.69) is 20.6 Å². The summed E-state index contributed by atoms with van der Waals surface area (Å²) in [5.74, 6) is 0.554. The lowest BCUT2D eigenvalue weighted by atomic mass is 10.3. The van der Waals surface area contributed by atoms with Gasteiger partial charge < -0.3 is 16.4 Å². The molecule has 1 fully saturated rings. The number of nitrogens with zero attached hydrogens (tertiary/aromatic N) is 2. The van der Waals surface area contributed by atoms with Crippen molar-refractivity contribution in [1.29, 1.82) is 0 Å². The van der Waals surface area contributed by atoms with Crippen molar-refractivity contribution in [3.63, 3.8) is 0 Å². The summed E-state index contributed by atoms with van der Waals surface area (Å²) in [6.45, 7) is 0.618. The monoisotopic (exact) mass is 193 g/mol. The average molecular weight is 193 g/mol. The molecule has 0 bridgehead atoms. The van der Waals surface area contributed by atoms with Crippen LogP contribution in [-0.2, 0) is 4.79 Å². The lowest BCUT2D eigenvalue weighted by Crippen LogP contribution is -2.23. The summed E-state index contributed by atoms with van der Waals surface area (Å²) >= 11 is 0. The zero-order valence-electron chi connectivity index (χ0n) is 7.53. The Morgan fingerprint density at radius 3 is 2.79 bits per heavy atom. The Labute approximate surface area is 80.9 Å². The van der Waals surface area contributed by atoms with Crippen LogP contribution in [0.5, 0.6) is 0 Å². The van der Waals surface area contributed by atoms with Crippen molar-refractivity contribution < 1.29 is 4.79 Å². The predicted octanol–water partition coefficient (Wildman–Crippen LogP) is -0.641. The number of aromatic nitrogens is 2. The third-order valence-corrected chi connectivity index (χ3v) is 1.98. The fraction of sp³-hybridized carbons (Fsp3) is 0.375. The van der Waals surface area contributed by atoms with Crippen LogP contribution < -0.4 is 16.4 Å². The second-order valence-corrected chi connectivity index (χ2v) is 3.19. The number of nitrogens with one attached hydrogen (secondary N) is 2. The predicted molar refractivity (Wildman–Crippen MR) is 51.5 cm³/mol. The Morgan fingerprint density at radius 2 is 2.21 bits per heavy atom. The van der Waals surface area contributed by atoms with Crippen LogP contribution in [0.15, 0.2) is 12.4 Å². The first kappa shape index (κ1) is 8.74. The van der Waals surface area contributed by atoms with Crippen molar-refractivity contribution in [1.82, 2.24) is 15.3 Å². The van der Waals surface area contributed by atoms with Crippen molar-refractivity contribution in [2.24, 2.45) is 0 Å². The summed E-state index contributed by atoms with van der Waals surface area (Å²) in [6.07, 6.45) is 3.52. The molecule has 0 spiro atoms. The van der Waals surface area contributed by atoms with Crippen LogP contribution >= 0.6 is 0 Å². The zero-order valence-corrected chi connectivity index (χ0v) is 7.53. The first-order chi connectivity index (χ1) is 6.74. The molecule has 0 aromatic carbocycles. The molecule has 1 unspecified atom stereocenters. The maximum absolute atomic E-state index is 10.9. The lowest BCUT2D eigenvalue weighted by Gasteiger charge is -2.09. The number of hydrogen-bond acceptors (Lipinski definition) is 5. The molecular formula is C8H11N5O. The maximum atomic E-state index is 10.9. The molecule has 2 heterocycles. The van der Waals surface area contributed by atoms with Crippen LogP contribution in [0, 0.1) is 0 Å². The fourth-order valence-electron chi connectivity index (χ4n) is 1.30. The van der Waals surface area contributed by atoms with Crippen molar-refractivity contribution in [2.75, 3.05) is 17.6 Å². The summed E-state index contributed by atoms with van der Waals surface area (Å²) in [6, 6.07) is 0.0751. The standard InChI is InChI=1S/C8H11N5O/c9-5-2-11-8(12-3-5)13-6-1-7(14)10-4-6/h2-3,6H,1,4,9H2,(H,10,14)(H,11,12,13). The van der Waals surface area contributed by atoms with Gasteiger partial charge in [-0.2, -0.15) is 0 Å². The summed E-state index contributed by atoms with van der Waals surface area (Å²) in [5.41, 5.74) is 5.96. The molecule has 14 heavy (non-hydrogen) atoms. The van der Waals surface area contributed by atoms with E-state index in [-0.39, 0.29) is 11.9 Å². The second kappa shape index (κ2) is 3.49. The molecule has 1 aromatic heterocycles. The van der Waals surface area contributed by atoms with Crippen LogP contribution in [0.1, 0.15) is 6.42 Å². The zero-order chi connectivity index (χ0) is 9.97. The molecule has 4 N–H and O–H groups in total. The van der Waals surface area contributed by atoms with Gasteiger partial charge >= 0.3 is 0 Å². The Bertz CT molecular complexity index is 336. The summed E-state index contributed by atoms with van der Waals surface area (Å²) in [4.78, 5) is 18.8. The van der Waals surface area contributed by atoms with Gasteiger partial charge in [-0.25, -0.2) is 9.97 Å². The first-order valence-corrected chi connectivity index (χ1v) is 4.35. The summed E-state index contributed by atoms with van der Waals surface area (Å²) in [5, 5.41) is 5.76. The van der Waals surface area contributed by atoms with Gasteiger partial charge in [0.15, 0.2) is 0 Å². The first-order valence-electron chi connectivity index (χ1n) is 4.35. The highest BCUT2D eigenvalue weighted by Crippen LogP contribution is 2.07. The van der Waals surface area contributed by atoms with E-state index in [1.165, 1.54) is 12.4 Å². The summed E-state index contributed by atoms with van der Waals surface area (Å²) in [7, 11) is 0. The third kappa shape index (κ3) is 1.90. The fourth-order valence-corrected chi connectivity index (χ4v) is 1.30. The van der Waals surface area contributed by atoms with E-state index in [0.717, 1.165) is 0 Å². The number of carbonyl (C=O) groups is 1. The van der Waals surface area contributed by atoms with Gasteiger partial charge in [0.05, 0.1) is 24.1 Å². The van der Waals surface area contributed by atoms with E-state index in [0.29, 0.717) is 24.6 Å². The second-order valence-electron chi connectivity index (χ2n) is 3.19. The highest BCUT2D eigenvalue weighted by molar-refractivity contribution is 5.79. The molecule has 6 nitrogen and oxygen atoms in total. The lowest BCUT2D eigenvalue weighted by molar-refractivity contribution is -0.119. The van der Waals surface area contributed by atoms with Crippen LogP contribution in [0.25, 0.3) is 0 Å². The minimum Gasteiger partial charge on any atom is -0.396 e. The van der Waals surface area contributed by atoms with E-state index >= 15 is 0 Å². The molecule has 0 aliphatic carbocycles. The van der Waals surface area contributed by atoms with E-state index in [4.69, 9.17) is 5.73 Å². The Balaban J connectivity index is 1.97. The Morgan fingerprint density at radius 1 is 1.50 bits per heavy atom. The molecule has 6 heteroatoms. The Kier molecular flexibility index (Phi) is 2.18. The van der Waals surface area contributed by atoms with Crippen LogP contribution in [0.2, 0.25) is 0 Å². The normalized spacial score (nSPS) is 20.6. The van der Waals surface area contributed by atoms with E-state index in [9.17, 15) is 4.79 Å². The van der Waals surface area contributed by atoms with Crippen molar-refractivity contribution >= 4 is 17.5 Å². The van der Waals surface area contributed by atoms with Gasteiger partial charge in [0, 0.05) is 13.0 Å². The largest absolute Gasteiger partial charge is 0.396 e. The van der Waals surface area contributed by atoms with Gasteiger partial charge in [-0.3, -0.25) is 4.79 Å². The minimum absolute atomic E-state index is 0.0537. The molecule has 1 atom stereocenters. The maximum Gasteiger partial charge on any atom is 0.223 e. The summed E-state index contributed by atoms with van der Waals surface area (Å²) < 4.78 is 0. The third-order valence-electron chi connectivity index (χ3n) is 1.98. The molecule has 1 aliphatic rings. The number of anilines is 2. The SMILES string of the molecule is Nc1cnc(NC2CNC(=O)C2)nc1. The smallest absolute Gasteiger partial charge is 0.223 e. The molecule has 0 radical (unpaired) electrons. The number of amides is 1. The molecule has 1 amide bonds. The number of rotatable bonds is 2. The van der Waals surface area contributed by atoms with Crippen molar-refractivity contribution in [2.45, 2.75) is 12.5 Å². The van der Waals surface area contributed by atoms with Gasteiger partial charge in [0.1, 0.15) is 0 Å². The molecule has 1 aliphatic heterocycles. The van der Waals surface area contributed by atoms with Gasteiger partial charge in [-0.05, 0) is 0 Å². The van der Waals surface area contributed by atoms with Crippen molar-refractivity contribution in [3.8, 4) is 0 Å². The Hall–Kier alpha value is -1.85. The quantitative estimate of drug-likeness (QED) is 0.581. The molecule has 74 valence electrons. The molecular weight excluding hydrogens is 182 g/mol. The minimum atomic E-state index is 0.0537. The van der Waals surface area contributed by atoms with Crippen LogP contribution in [-0.4, -0.2) is 28.5 Å². The number of nitrogen functional groups attached to an aromatic ring is 1. The van der Waals surface area contributed by atoms with Gasteiger partial charge in [-0.1, -0.05) is 0 Å².